The van der Waals surface area contributed by atoms with Crippen molar-refractivity contribution in [1.82, 2.24) is 15.2 Å². The Bertz CT molecular complexity index is 1620. The molecule has 0 spiro atoms. The van der Waals surface area contributed by atoms with Crippen LogP contribution in [0, 0.1) is 17.1 Å². The van der Waals surface area contributed by atoms with Crippen LogP contribution in [0.1, 0.15) is 34.5 Å². The lowest BCUT2D eigenvalue weighted by Gasteiger charge is -2.20. The van der Waals surface area contributed by atoms with Gasteiger partial charge < -0.3 is 20.3 Å². The minimum Gasteiger partial charge on any atom is -0.453 e. The quantitative estimate of drug-likeness (QED) is 0.244. The van der Waals surface area contributed by atoms with Gasteiger partial charge in [-0.3, -0.25) is 14.6 Å². The Morgan fingerprint density at radius 3 is 2.67 bits per heavy atom. The molecule has 2 aromatic heterocycles. The number of nitrogens with zero attached hydrogens (tertiary/aromatic N) is 3. The van der Waals surface area contributed by atoms with E-state index in [0.717, 1.165) is 18.4 Å². The molecule has 0 atom stereocenters. The van der Waals surface area contributed by atoms with Crippen LogP contribution in [-0.2, 0) is 11.2 Å². The molecule has 1 aliphatic rings. The Kier molecular flexibility index (Phi) is 8.28. The lowest BCUT2D eigenvalue weighted by Crippen LogP contribution is -2.35. The molecule has 0 bridgehead atoms. The maximum atomic E-state index is 15.0. The number of ether oxygens (including phenoxy) is 1. The number of hydrogen-bond donors (Lipinski definition) is 2. The van der Waals surface area contributed by atoms with Crippen LogP contribution < -0.4 is 15.4 Å². The fourth-order valence-corrected chi connectivity index (χ4v) is 5.40. The number of benzene rings is 2. The Balaban J connectivity index is 1.25. The van der Waals surface area contributed by atoms with Gasteiger partial charge in [0.25, 0.3) is 5.91 Å². The third-order valence-corrected chi connectivity index (χ3v) is 7.50. The van der Waals surface area contributed by atoms with E-state index in [1.54, 1.807) is 23.1 Å². The second-order valence-electron chi connectivity index (χ2n) is 9.18. The molecule has 1 aliphatic carbocycles. The van der Waals surface area contributed by atoms with Gasteiger partial charge in [-0.2, -0.15) is 5.26 Å². The molecule has 8 nitrogen and oxygen atoms in total. The average Bonchev–Trinajstić information content (AvgIpc) is 3.67. The van der Waals surface area contributed by atoms with E-state index in [4.69, 9.17) is 22.2 Å². The number of thiocarbonyl (C=S) groups is 1. The molecule has 0 saturated heterocycles. The first-order valence-corrected chi connectivity index (χ1v) is 13.8. The van der Waals surface area contributed by atoms with Gasteiger partial charge in [0.15, 0.2) is 16.7 Å². The number of thiophene rings is 1. The van der Waals surface area contributed by atoms with Gasteiger partial charge in [-0.05, 0) is 48.8 Å². The van der Waals surface area contributed by atoms with Crippen molar-refractivity contribution in [3.8, 4) is 17.6 Å². The van der Waals surface area contributed by atoms with E-state index in [1.807, 2.05) is 30.3 Å². The van der Waals surface area contributed by atoms with Crippen molar-refractivity contribution in [2.24, 2.45) is 0 Å². The number of aromatic nitrogens is 1. The van der Waals surface area contributed by atoms with Gasteiger partial charge in [0.05, 0.1) is 34.0 Å². The molecule has 11 heteroatoms. The summed E-state index contributed by atoms with van der Waals surface area (Å²) in [6.45, 7) is 0.386. The van der Waals surface area contributed by atoms with Gasteiger partial charge in [-0.15, -0.1) is 11.3 Å². The van der Waals surface area contributed by atoms with E-state index in [2.05, 4.69) is 21.7 Å². The van der Waals surface area contributed by atoms with Crippen molar-refractivity contribution in [3.63, 3.8) is 0 Å². The first-order valence-electron chi connectivity index (χ1n) is 12.6. The van der Waals surface area contributed by atoms with Crippen molar-refractivity contribution in [2.75, 3.05) is 11.9 Å². The predicted octanol–water partition coefficient (Wildman–Crippen LogP) is 5.80. The molecule has 4 aromatic rings. The summed E-state index contributed by atoms with van der Waals surface area (Å²) in [6.07, 6.45) is 3.85. The zero-order valence-corrected chi connectivity index (χ0v) is 22.9. The Hall–Kier alpha value is -4.40. The van der Waals surface area contributed by atoms with E-state index in [0.29, 0.717) is 33.1 Å². The first kappa shape index (κ1) is 27.2. The number of anilines is 1. The molecular weight excluding hydrogens is 549 g/mol. The van der Waals surface area contributed by atoms with Crippen molar-refractivity contribution >= 4 is 56.4 Å². The Morgan fingerprint density at radius 1 is 1.15 bits per heavy atom. The lowest BCUT2D eigenvalue weighted by atomic mass is 10.1. The summed E-state index contributed by atoms with van der Waals surface area (Å²) in [5, 5.41) is 14.4. The molecule has 0 aliphatic heterocycles. The summed E-state index contributed by atoms with van der Waals surface area (Å²) in [5.41, 5.74) is 1.76. The molecule has 202 valence electrons. The van der Waals surface area contributed by atoms with Gasteiger partial charge in [0.2, 0.25) is 5.91 Å². The zero-order chi connectivity index (χ0) is 28.1. The Labute approximate surface area is 239 Å². The van der Waals surface area contributed by atoms with Gasteiger partial charge in [-0.1, -0.05) is 30.3 Å². The van der Waals surface area contributed by atoms with Gasteiger partial charge in [0, 0.05) is 36.6 Å². The number of nitrogens with one attached hydrogen (secondary N) is 2. The van der Waals surface area contributed by atoms with Crippen molar-refractivity contribution in [2.45, 2.75) is 31.7 Å². The molecule has 40 heavy (non-hydrogen) atoms. The monoisotopic (exact) mass is 573 g/mol. The number of carbonyl (C=O) groups excluding carboxylic acids is 2. The number of rotatable bonds is 9. The van der Waals surface area contributed by atoms with Gasteiger partial charge in [-0.25, -0.2) is 4.39 Å². The van der Waals surface area contributed by atoms with E-state index in [1.165, 1.54) is 29.7 Å². The first-order chi connectivity index (χ1) is 19.4. The fourth-order valence-electron chi connectivity index (χ4n) is 4.14. The molecule has 1 fully saturated rings. The van der Waals surface area contributed by atoms with Crippen molar-refractivity contribution < 1.29 is 18.7 Å². The van der Waals surface area contributed by atoms with Gasteiger partial charge >= 0.3 is 0 Å². The third kappa shape index (κ3) is 6.59. The number of nitriles is 1. The highest BCUT2D eigenvalue weighted by molar-refractivity contribution is 7.80. The zero-order valence-electron chi connectivity index (χ0n) is 21.2. The average molecular weight is 574 g/mol. The smallest absolute Gasteiger partial charge is 0.264 e. The fraction of sp³-hybridized carbons (Fsp3) is 0.207. The molecule has 0 radical (unpaired) electrons. The summed E-state index contributed by atoms with van der Waals surface area (Å²) in [7, 11) is 0. The molecule has 5 rings (SSSR count). The lowest BCUT2D eigenvalue weighted by molar-refractivity contribution is -0.119. The van der Waals surface area contributed by atoms with Crippen LogP contribution in [0.4, 0.5) is 10.1 Å². The highest BCUT2D eigenvalue weighted by Crippen LogP contribution is 2.37. The number of fused-ring (bicyclic) bond motifs is 1. The molecule has 2 N–H and O–H groups in total. The highest BCUT2D eigenvalue weighted by atomic mass is 32.1. The predicted molar refractivity (Wildman–Crippen MR) is 155 cm³/mol. The van der Waals surface area contributed by atoms with E-state index < -0.39 is 5.82 Å². The summed E-state index contributed by atoms with van der Waals surface area (Å²) in [5.74, 6) is -0.720. The van der Waals surface area contributed by atoms with Gasteiger partial charge in [0.1, 0.15) is 5.75 Å². The second kappa shape index (κ2) is 12.2. The van der Waals surface area contributed by atoms with Crippen LogP contribution >= 0.6 is 23.6 Å². The molecule has 2 aromatic carbocycles. The van der Waals surface area contributed by atoms with E-state index in [-0.39, 0.29) is 41.6 Å². The largest absolute Gasteiger partial charge is 0.453 e. The van der Waals surface area contributed by atoms with E-state index in [9.17, 15) is 14.0 Å². The van der Waals surface area contributed by atoms with Crippen LogP contribution in [0.3, 0.4) is 0 Å². The number of pyridine rings is 1. The van der Waals surface area contributed by atoms with Crippen molar-refractivity contribution in [3.05, 3.63) is 83.1 Å². The van der Waals surface area contributed by atoms with E-state index >= 15 is 0 Å². The molecule has 2 amide bonds. The SMILES string of the molecule is N#CCCN(C(=O)c1cc2nccc(Oc3ccc(NC(=S)NC(=O)Cc4ccccc4)cc3F)c2s1)C1CC1. The summed E-state index contributed by atoms with van der Waals surface area (Å²) < 4.78 is 21.5. The number of hydrogen-bond acceptors (Lipinski definition) is 7. The number of halogens is 1. The van der Waals surface area contributed by atoms with Crippen LogP contribution in [0.5, 0.6) is 11.5 Å². The second-order valence-corrected chi connectivity index (χ2v) is 10.6. The Morgan fingerprint density at radius 2 is 1.95 bits per heavy atom. The summed E-state index contributed by atoms with van der Waals surface area (Å²) in [6, 6.07) is 19.1. The maximum absolute atomic E-state index is 15.0. The minimum absolute atomic E-state index is 0.0213. The number of amides is 2. The molecule has 2 heterocycles. The molecular formula is C29H24FN5O3S2. The maximum Gasteiger partial charge on any atom is 0.264 e. The highest BCUT2D eigenvalue weighted by Gasteiger charge is 2.33. The molecule has 0 unspecified atom stereocenters. The normalized spacial score (nSPS) is 12.4. The minimum atomic E-state index is -0.641. The molecule has 1 saturated carbocycles. The van der Waals surface area contributed by atoms with Crippen LogP contribution in [0.25, 0.3) is 10.2 Å². The summed E-state index contributed by atoms with van der Waals surface area (Å²) in [4.78, 5) is 32.0. The van der Waals surface area contributed by atoms with Crippen LogP contribution in [0.2, 0.25) is 0 Å². The van der Waals surface area contributed by atoms with Crippen LogP contribution in [-0.4, -0.2) is 39.4 Å². The standard InChI is InChI=1S/C29H24FN5O3S2/c30-21-16-19(33-29(39)34-26(36)15-18-5-2-1-3-6-18)7-10-23(21)38-24-11-13-32-22-17-25(40-27(22)24)28(37)35(14-4-12-31)20-8-9-20/h1-3,5-7,10-11,13,16-17,20H,4,8-9,14-15H2,(H2,33,34,36,39). The van der Waals surface area contributed by atoms with Crippen molar-refractivity contribution in [1.29, 1.82) is 5.26 Å². The third-order valence-electron chi connectivity index (χ3n) is 6.17. The van der Waals surface area contributed by atoms with Crippen LogP contribution in [0.15, 0.2) is 66.9 Å². The topological polar surface area (TPSA) is 107 Å². The number of carbonyl (C=O) groups is 2. The summed E-state index contributed by atoms with van der Waals surface area (Å²) >= 11 is 6.43.